The fourth-order valence-electron chi connectivity index (χ4n) is 0.954. The van der Waals surface area contributed by atoms with E-state index in [-0.39, 0.29) is 12.0 Å². The second kappa shape index (κ2) is 3.15. The number of aliphatic hydroxyl groups is 1. The van der Waals surface area contributed by atoms with Gasteiger partial charge in [0.15, 0.2) is 0 Å². The van der Waals surface area contributed by atoms with Crippen LogP contribution in [0.2, 0.25) is 0 Å². The highest BCUT2D eigenvalue weighted by molar-refractivity contribution is 5.23. The fraction of sp³-hybridized carbons (Fsp3) is 0.625. The van der Waals surface area contributed by atoms with Gasteiger partial charge in [-0.25, -0.2) is 0 Å². The van der Waals surface area contributed by atoms with E-state index in [1.54, 1.807) is 10.7 Å². The minimum atomic E-state index is -0.140. The van der Waals surface area contributed by atoms with Crippen molar-refractivity contribution in [1.29, 1.82) is 0 Å². The van der Waals surface area contributed by atoms with Gasteiger partial charge in [0, 0.05) is 24.8 Å². The maximum atomic E-state index is 8.99. The molecule has 4 nitrogen and oxygen atoms in total. The van der Waals surface area contributed by atoms with Gasteiger partial charge in [0.2, 0.25) is 0 Å². The Morgan fingerprint density at radius 3 is 2.75 bits per heavy atom. The average molecular weight is 169 g/mol. The molecule has 1 rings (SSSR count). The first kappa shape index (κ1) is 9.06. The summed E-state index contributed by atoms with van der Waals surface area (Å²) >= 11 is 0. The topological polar surface area (TPSA) is 64.1 Å². The molecule has 4 heteroatoms. The number of aromatic nitrogens is 2. The second-order valence-electron chi connectivity index (χ2n) is 3.76. The Morgan fingerprint density at radius 2 is 2.33 bits per heavy atom. The summed E-state index contributed by atoms with van der Waals surface area (Å²) < 4.78 is 1.74. The number of hydrogen-bond acceptors (Lipinski definition) is 3. The van der Waals surface area contributed by atoms with E-state index >= 15 is 0 Å². The summed E-state index contributed by atoms with van der Waals surface area (Å²) in [6.07, 6.45) is 1.81. The highest BCUT2D eigenvalue weighted by Crippen LogP contribution is 2.16. The summed E-state index contributed by atoms with van der Waals surface area (Å²) in [6, 6.07) is 1.74. The molecular weight excluding hydrogens is 154 g/mol. The summed E-state index contributed by atoms with van der Waals surface area (Å²) in [4.78, 5) is 0. The van der Waals surface area contributed by atoms with Gasteiger partial charge in [-0.1, -0.05) is 13.8 Å². The molecule has 68 valence electrons. The maximum absolute atomic E-state index is 8.99. The van der Waals surface area contributed by atoms with E-state index in [0.717, 1.165) is 0 Å². The van der Waals surface area contributed by atoms with Crippen molar-refractivity contribution < 1.29 is 5.11 Å². The van der Waals surface area contributed by atoms with Crippen LogP contribution in [0.25, 0.3) is 0 Å². The smallest absolute Gasteiger partial charge is 0.145 e. The number of nitrogens with zero attached hydrogens (tertiary/aromatic N) is 2. The molecule has 0 aromatic carbocycles. The Balaban J connectivity index is 2.63. The lowest BCUT2D eigenvalue weighted by Gasteiger charge is -2.20. The monoisotopic (exact) mass is 169 g/mol. The Kier molecular flexibility index (Phi) is 2.38. The SMILES string of the molecule is CC(C)(CO)Cn1ccc(N)n1. The lowest BCUT2D eigenvalue weighted by atomic mass is 9.95. The van der Waals surface area contributed by atoms with Crippen LogP contribution in [0.4, 0.5) is 5.82 Å². The molecule has 1 heterocycles. The third-order valence-electron chi connectivity index (χ3n) is 1.68. The van der Waals surface area contributed by atoms with Crippen molar-refractivity contribution in [2.75, 3.05) is 12.3 Å². The van der Waals surface area contributed by atoms with Gasteiger partial charge in [0.05, 0.1) is 0 Å². The van der Waals surface area contributed by atoms with Crippen LogP contribution < -0.4 is 5.73 Å². The number of nitrogens with two attached hydrogens (primary N) is 1. The predicted molar refractivity (Wildman–Crippen MR) is 47.5 cm³/mol. The van der Waals surface area contributed by atoms with Crippen molar-refractivity contribution in [2.45, 2.75) is 20.4 Å². The van der Waals surface area contributed by atoms with Crippen LogP contribution in [0.1, 0.15) is 13.8 Å². The van der Waals surface area contributed by atoms with Gasteiger partial charge < -0.3 is 10.8 Å². The molecule has 0 radical (unpaired) electrons. The van der Waals surface area contributed by atoms with Gasteiger partial charge in [-0.05, 0) is 6.07 Å². The van der Waals surface area contributed by atoms with Crippen molar-refractivity contribution in [3.63, 3.8) is 0 Å². The standard InChI is InChI=1S/C8H15N3O/c1-8(2,6-12)5-11-4-3-7(9)10-11/h3-4,12H,5-6H2,1-2H3,(H2,9,10). The van der Waals surface area contributed by atoms with Crippen LogP contribution in [0.15, 0.2) is 12.3 Å². The summed E-state index contributed by atoms with van der Waals surface area (Å²) in [6.45, 7) is 4.78. The zero-order valence-corrected chi connectivity index (χ0v) is 7.49. The molecule has 0 bridgehead atoms. The number of nitrogen functional groups attached to an aromatic ring is 1. The summed E-state index contributed by atoms with van der Waals surface area (Å²) in [5, 5.41) is 13.0. The second-order valence-corrected chi connectivity index (χ2v) is 3.76. The average Bonchev–Trinajstić information content (AvgIpc) is 2.35. The Hall–Kier alpha value is -1.03. The van der Waals surface area contributed by atoms with Gasteiger partial charge in [0.25, 0.3) is 0 Å². The van der Waals surface area contributed by atoms with E-state index in [4.69, 9.17) is 10.8 Å². The normalized spacial score (nSPS) is 11.9. The first-order valence-corrected chi connectivity index (χ1v) is 3.93. The lowest BCUT2D eigenvalue weighted by molar-refractivity contribution is 0.136. The first-order valence-electron chi connectivity index (χ1n) is 3.93. The van der Waals surface area contributed by atoms with Crippen molar-refractivity contribution >= 4 is 5.82 Å². The highest BCUT2D eigenvalue weighted by Gasteiger charge is 2.17. The van der Waals surface area contributed by atoms with Gasteiger partial charge in [-0.2, -0.15) is 5.10 Å². The zero-order valence-electron chi connectivity index (χ0n) is 7.49. The largest absolute Gasteiger partial charge is 0.396 e. The van der Waals surface area contributed by atoms with Gasteiger partial charge >= 0.3 is 0 Å². The van der Waals surface area contributed by atoms with Crippen LogP contribution in [0.3, 0.4) is 0 Å². The van der Waals surface area contributed by atoms with Crippen molar-refractivity contribution in [3.05, 3.63) is 12.3 Å². The predicted octanol–water partition coefficient (Wildman–Crippen LogP) is 0.484. The number of anilines is 1. The summed E-state index contributed by atoms with van der Waals surface area (Å²) in [5.41, 5.74) is 5.30. The van der Waals surface area contributed by atoms with Crippen molar-refractivity contribution in [3.8, 4) is 0 Å². The molecule has 0 saturated carbocycles. The quantitative estimate of drug-likeness (QED) is 0.692. The minimum Gasteiger partial charge on any atom is -0.396 e. The van der Waals surface area contributed by atoms with Gasteiger partial charge in [-0.15, -0.1) is 0 Å². The lowest BCUT2D eigenvalue weighted by Crippen LogP contribution is -2.24. The molecule has 0 saturated heterocycles. The third kappa shape index (κ3) is 2.23. The van der Waals surface area contributed by atoms with Crippen LogP contribution in [-0.2, 0) is 6.54 Å². The van der Waals surface area contributed by atoms with E-state index in [9.17, 15) is 0 Å². The number of aliphatic hydroxyl groups excluding tert-OH is 1. The first-order chi connectivity index (χ1) is 5.53. The molecular formula is C8H15N3O. The minimum absolute atomic E-state index is 0.140. The van der Waals surface area contributed by atoms with Crippen LogP contribution in [0, 0.1) is 5.41 Å². The molecule has 1 aromatic heterocycles. The Labute approximate surface area is 72.0 Å². The Morgan fingerprint density at radius 1 is 1.67 bits per heavy atom. The summed E-state index contributed by atoms with van der Waals surface area (Å²) in [5.74, 6) is 0.517. The van der Waals surface area contributed by atoms with E-state index in [2.05, 4.69) is 5.10 Å². The third-order valence-corrected chi connectivity index (χ3v) is 1.68. The van der Waals surface area contributed by atoms with Crippen LogP contribution >= 0.6 is 0 Å². The molecule has 12 heavy (non-hydrogen) atoms. The molecule has 0 aliphatic rings. The van der Waals surface area contributed by atoms with E-state index < -0.39 is 0 Å². The van der Waals surface area contributed by atoms with Crippen LogP contribution in [0.5, 0.6) is 0 Å². The van der Waals surface area contributed by atoms with Crippen molar-refractivity contribution in [2.24, 2.45) is 5.41 Å². The Bertz CT molecular complexity index is 255. The van der Waals surface area contributed by atoms with E-state index in [1.165, 1.54) is 0 Å². The fourth-order valence-corrected chi connectivity index (χ4v) is 0.954. The molecule has 0 amide bonds. The zero-order chi connectivity index (χ0) is 9.19. The molecule has 0 aliphatic heterocycles. The molecule has 3 N–H and O–H groups in total. The molecule has 0 unspecified atom stereocenters. The molecule has 0 aliphatic carbocycles. The molecule has 0 spiro atoms. The summed E-state index contributed by atoms with van der Waals surface area (Å²) in [7, 11) is 0. The van der Waals surface area contributed by atoms with E-state index in [0.29, 0.717) is 12.4 Å². The number of hydrogen-bond donors (Lipinski definition) is 2. The van der Waals surface area contributed by atoms with E-state index in [1.807, 2.05) is 20.0 Å². The van der Waals surface area contributed by atoms with Gasteiger partial charge in [-0.3, -0.25) is 4.68 Å². The van der Waals surface area contributed by atoms with Gasteiger partial charge in [0.1, 0.15) is 5.82 Å². The molecule has 1 aromatic rings. The van der Waals surface area contributed by atoms with Crippen LogP contribution in [-0.4, -0.2) is 21.5 Å². The number of rotatable bonds is 3. The molecule has 0 fully saturated rings. The van der Waals surface area contributed by atoms with Crippen molar-refractivity contribution in [1.82, 2.24) is 9.78 Å². The molecule has 0 atom stereocenters. The maximum Gasteiger partial charge on any atom is 0.145 e. The highest BCUT2D eigenvalue weighted by atomic mass is 16.3.